The summed E-state index contributed by atoms with van der Waals surface area (Å²) in [6.07, 6.45) is -4.94. The third kappa shape index (κ3) is 7.65. The van der Waals surface area contributed by atoms with E-state index in [0.717, 1.165) is 0 Å². The number of nitrogens with one attached hydrogen (secondary N) is 1. The van der Waals surface area contributed by atoms with Gasteiger partial charge in [-0.25, -0.2) is 4.79 Å². The van der Waals surface area contributed by atoms with E-state index >= 15 is 0 Å². The molecule has 1 amide bonds. The zero-order valence-electron chi connectivity index (χ0n) is 16.7. The number of carbonyl (C=O) groups is 2. The van der Waals surface area contributed by atoms with Crippen LogP contribution in [-0.4, -0.2) is 37.5 Å². The summed E-state index contributed by atoms with van der Waals surface area (Å²) in [5.74, 6) is -0.678. The molecule has 0 aliphatic heterocycles. The second-order valence-electron chi connectivity index (χ2n) is 7.23. The number of alkyl carbamates (subject to hydrolysis) is 1. The Morgan fingerprint density at radius 1 is 1.03 bits per heavy atom. The molecule has 30 heavy (non-hydrogen) atoms. The van der Waals surface area contributed by atoms with Crippen LogP contribution in [0.25, 0.3) is 11.1 Å². The van der Waals surface area contributed by atoms with Crippen molar-refractivity contribution in [1.82, 2.24) is 5.32 Å². The minimum Gasteiger partial charge on any atom is -0.488 e. The van der Waals surface area contributed by atoms with E-state index in [1.807, 2.05) is 0 Å². The molecule has 0 bridgehead atoms. The van der Waals surface area contributed by atoms with E-state index in [1.54, 1.807) is 51.1 Å². The Morgan fingerprint density at radius 2 is 1.73 bits per heavy atom. The van der Waals surface area contributed by atoms with Gasteiger partial charge in [0.2, 0.25) is 0 Å². The highest BCUT2D eigenvalue weighted by molar-refractivity contribution is 5.79. The molecule has 0 aromatic heterocycles. The van der Waals surface area contributed by atoms with Crippen LogP contribution in [0.5, 0.6) is 11.5 Å². The summed E-state index contributed by atoms with van der Waals surface area (Å²) in [7, 11) is 0. The smallest absolute Gasteiger partial charge is 0.488 e. The van der Waals surface area contributed by atoms with E-state index in [-0.39, 0.29) is 18.9 Å². The van der Waals surface area contributed by atoms with Gasteiger partial charge in [0.1, 0.15) is 18.5 Å². The molecule has 0 saturated carbocycles. The molecule has 2 aromatic carbocycles. The summed E-state index contributed by atoms with van der Waals surface area (Å²) in [6, 6.07) is 10.5. The van der Waals surface area contributed by atoms with Crippen molar-refractivity contribution in [2.45, 2.75) is 32.7 Å². The number of rotatable bonds is 7. The van der Waals surface area contributed by atoms with Gasteiger partial charge in [-0.15, -0.1) is 13.2 Å². The molecule has 2 rings (SSSR count). The first kappa shape index (κ1) is 23.1. The van der Waals surface area contributed by atoms with Gasteiger partial charge in [-0.2, -0.15) is 0 Å². The molecular weight excluding hydrogens is 403 g/mol. The molecule has 0 fully saturated rings. The second kappa shape index (κ2) is 9.51. The SMILES string of the molecule is CC(C)(C)OC(=O)NCCOc1ccc(-c2cccc(C=O)c2)cc1OC(F)(F)F. The summed E-state index contributed by atoms with van der Waals surface area (Å²) >= 11 is 0. The fourth-order valence-corrected chi connectivity index (χ4v) is 2.43. The largest absolute Gasteiger partial charge is 0.573 e. The lowest BCUT2D eigenvalue weighted by Crippen LogP contribution is -2.34. The minimum atomic E-state index is -4.92. The zero-order chi connectivity index (χ0) is 22.4. The van der Waals surface area contributed by atoms with Crippen LogP contribution >= 0.6 is 0 Å². The lowest BCUT2D eigenvalue weighted by atomic mass is 10.0. The molecule has 6 nitrogen and oxygen atoms in total. The highest BCUT2D eigenvalue weighted by Crippen LogP contribution is 2.36. The molecular formula is C21H22F3NO5. The maximum Gasteiger partial charge on any atom is 0.573 e. The van der Waals surface area contributed by atoms with Crippen molar-refractivity contribution >= 4 is 12.4 Å². The van der Waals surface area contributed by atoms with Crippen molar-refractivity contribution < 1.29 is 37.0 Å². The van der Waals surface area contributed by atoms with Gasteiger partial charge in [0.15, 0.2) is 11.5 Å². The van der Waals surface area contributed by atoms with Gasteiger partial charge >= 0.3 is 12.5 Å². The summed E-state index contributed by atoms with van der Waals surface area (Å²) < 4.78 is 53.0. The number of ether oxygens (including phenoxy) is 3. The molecule has 0 spiro atoms. The molecule has 9 heteroatoms. The number of carbonyl (C=O) groups excluding carboxylic acids is 2. The van der Waals surface area contributed by atoms with Gasteiger partial charge in [0.25, 0.3) is 0 Å². The molecule has 0 atom stereocenters. The Hall–Kier alpha value is -3.23. The quantitative estimate of drug-likeness (QED) is 0.501. The number of aldehydes is 1. The van der Waals surface area contributed by atoms with Crippen LogP contribution in [0.1, 0.15) is 31.1 Å². The monoisotopic (exact) mass is 425 g/mol. The average Bonchev–Trinajstić information content (AvgIpc) is 2.63. The predicted octanol–water partition coefficient (Wildman–Crippen LogP) is 4.97. The van der Waals surface area contributed by atoms with E-state index in [4.69, 9.17) is 9.47 Å². The molecule has 0 aliphatic carbocycles. The number of alkyl halides is 3. The van der Waals surface area contributed by atoms with Crippen molar-refractivity contribution in [3.63, 3.8) is 0 Å². The number of hydrogen-bond donors (Lipinski definition) is 1. The first-order valence-electron chi connectivity index (χ1n) is 9.02. The Morgan fingerprint density at radius 3 is 2.37 bits per heavy atom. The van der Waals surface area contributed by atoms with E-state index in [1.165, 1.54) is 12.1 Å². The summed E-state index contributed by atoms with van der Waals surface area (Å²) in [5, 5.41) is 2.44. The van der Waals surface area contributed by atoms with Crippen LogP contribution in [-0.2, 0) is 4.74 Å². The Bertz CT molecular complexity index is 891. The Labute approximate surface area is 171 Å². The second-order valence-corrected chi connectivity index (χ2v) is 7.23. The van der Waals surface area contributed by atoms with Gasteiger partial charge < -0.3 is 19.5 Å². The number of benzene rings is 2. The minimum absolute atomic E-state index is 0.0174. The molecule has 0 radical (unpaired) electrons. The average molecular weight is 425 g/mol. The molecule has 1 N–H and O–H groups in total. The fraction of sp³-hybridized carbons (Fsp3) is 0.333. The number of halogens is 3. The van der Waals surface area contributed by atoms with E-state index in [9.17, 15) is 22.8 Å². The van der Waals surface area contributed by atoms with Crippen LogP contribution in [0.3, 0.4) is 0 Å². The standard InChI is InChI=1S/C21H22F3NO5/c1-20(2,3)30-19(27)25-9-10-28-17-8-7-16(12-18(17)29-21(22,23)24)15-6-4-5-14(11-15)13-26/h4-8,11-13H,9-10H2,1-3H3,(H,25,27). The van der Waals surface area contributed by atoms with Crippen molar-refractivity contribution in [1.29, 1.82) is 0 Å². The van der Waals surface area contributed by atoms with Gasteiger partial charge in [-0.3, -0.25) is 4.79 Å². The van der Waals surface area contributed by atoms with Crippen LogP contribution < -0.4 is 14.8 Å². The zero-order valence-corrected chi connectivity index (χ0v) is 16.7. The Kier molecular flexibility index (Phi) is 7.31. The third-order valence-corrected chi connectivity index (χ3v) is 3.55. The van der Waals surface area contributed by atoms with Crippen LogP contribution in [0.15, 0.2) is 42.5 Å². The highest BCUT2D eigenvalue weighted by atomic mass is 19.4. The topological polar surface area (TPSA) is 73.9 Å². The maximum absolute atomic E-state index is 12.8. The van der Waals surface area contributed by atoms with Gasteiger partial charge in [-0.05, 0) is 50.1 Å². The first-order valence-corrected chi connectivity index (χ1v) is 9.02. The lowest BCUT2D eigenvalue weighted by Gasteiger charge is -2.20. The molecule has 0 aliphatic rings. The van der Waals surface area contributed by atoms with E-state index in [2.05, 4.69) is 10.1 Å². The van der Waals surface area contributed by atoms with Crippen molar-refractivity contribution in [2.24, 2.45) is 0 Å². The summed E-state index contributed by atoms with van der Waals surface area (Å²) in [5.41, 5.74) is 0.677. The highest BCUT2D eigenvalue weighted by Gasteiger charge is 2.32. The predicted molar refractivity (Wildman–Crippen MR) is 104 cm³/mol. The molecule has 0 saturated heterocycles. The third-order valence-electron chi connectivity index (χ3n) is 3.55. The number of amides is 1. The fourth-order valence-electron chi connectivity index (χ4n) is 2.43. The van der Waals surface area contributed by atoms with Crippen LogP contribution in [0.2, 0.25) is 0 Å². The van der Waals surface area contributed by atoms with Crippen molar-refractivity contribution in [2.75, 3.05) is 13.2 Å². The Balaban J connectivity index is 2.12. The van der Waals surface area contributed by atoms with Gasteiger partial charge in [0.05, 0.1) is 6.54 Å². The van der Waals surface area contributed by atoms with Gasteiger partial charge in [0, 0.05) is 5.56 Å². The number of hydrogen-bond acceptors (Lipinski definition) is 5. The summed E-state index contributed by atoms with van der Waals surface area (Å²) in [4.78, 5) is 22.5. The maximum atomic E-state index is 12.8. The lowest BCUT2D eigenvalue weighted by molar-refractivity contribution is -0.275. The molecule has 162 valence electrons. The van der Waals surface area contributed by atoms with Crippen LogP contribution in [0, 0.1) is 0 Å². The summed E-state index contributed by atoms with van der Waals surface area (Å²) in [6.45, 7) is 5.03. The molecule has 0 heterocycles. The molecule has 0 unspecified atom stereocenters. The van der Waals surface area contributed by atoms with Gasteiger partial charge in [-0.1, -0.05) is 24.3 Å². The van der Waals surface area contributed by atoms with E-state index in [0.29, 0.717) is 23.0 Å². The first-order chi connectivity index (χ1) is 14.0. The van der Waals surface area contributed by atoms with Crippen molar-refractivity contribution in [3.8, 4) is 22.6 Å². The van der Waals surface area contributed by atoms with Crippen molar-refractivity contribution in [3.05, 3.63) is 48.0 Å². The van der Waals surface area contributed by atoms with Crippen LogP contribution in [0.4, 0.5) is 18.0 Å². The molecule has 2 aromatic rings. The van der Waals surface area contributed by atoms with E-state index < -0.39 is 23.8 Å². The normalized spacial score (nSPS) is 11.5.